The van der Waals surface area contributed by atoms with Crippen LogP contribution in [0.3, 0.4) is 0 Å². The number of hydrogen-bond acceptors (Lipinski definition) is 2. The third-order valence-electron chi connectivity index (χ3n) is 3.93. The van der Waals surface area contributed by atoms with Crippen molar-refractivity contribution in [3.8, 4) is 0 Å². The van der Waals surface area contributed by atoms with Gasteiger partial charge in [0.1, 0.15) is 6.04 Å². The number of hydrogen-bond donors (Lipinski definition) is 2. The fourth-order valence-corrected chi connectivity index (χ4v) is 3.74. The zero-order valence-electron chi connectivity index (χ0n) is 10.2. The summed E-state index contributed by atoms with van der Waals surface area (Å²) >= 11 is 3.58. The molecule has 0 aliphatic heterocycles. The van der Waals surface area contributed by atoms with Crippen molar-refractivity contribution in [2.75, 3.05) is 0 Å². The van der Waals surface area contributed by atoms with Crippen molar-refractivity contribution < 1.29 is 9.90 Å². The van der Waals surface area contributed by atoms with E-state index in [1.165, 1.54) is 5.56 Å². The van der Waals surface area contributed by atoms with Crippen LogP contribution in [0.1, 0.15) is 37.7 Å². The number of nitrogens with two attached hydrogens (primary N) is 1. The van der Waals surface area contributed by atoms with Gasteiger partial charge in [0.15, 0.2) is 0 Å². The Morgan fingerprint density at radius 1 is 1.39 bits per heavy atom. The van der Waals surface area contributed by atoms with Crippen molar-refractivity contribution in [3.63, 3.8) is 0 Å². The van der Waals surface area contributed by atoms with Gasteiger partial charge < -0.3 is 10.8 Å². The molecule has 1 atom stereocenters. The zero-order valence-corrected chi connectivity index (χ0v) is 11.8. The molecule has 1 aliphatic rings. The number of halogens is 1. The lowest BCUT2D eigenvalue weighted by molar-refractivity contribution is -0.139. The average molecular weight is 312 g/mol. The third-order valence-corrected chi connectivity index (χ3v) is 4.63. The van der Waals surface area contributed by atoms with Crippen LogP contribution < -0.4 is 5.73 Å². The maximum atomic E-state index is 11.0. The molecule has 3 N–H and O–H groups in total. The fourth-order valence-electron chi connectivity index (χ4n) is 3.03. The van der Waals surface area contributed by atoms with Gasteiger partial charge in [-0.25, -0.2) is 0 Å². The van der Waals surface area contributed by atoms with Crippen LogP contribution in [0.25, 0.3) is 0 Å². The minimum atomic E-state index is -0.909. The zero-order chi connectivity index (χ0) is 13.2. The number of rotatable bonds is 4. The quantitative estimate of drug-likeness (QED) is 0.898. The molecule has 0 saturated heterocycles. The van der Waals surface area contributed by atoms with Crippen LogP contribution in [-0.2, 0) is 10.2 Å². The van der Waals surface area contributed by atoms with E-state index < -0.39 is 12.0 Å². The van der Waals surface area contributed by atoms with E-state index in [-0.39, 0.29) is 5.41 Å². The summed E-state index contributed by atoms with van der Waals surface area (Å²) in [7, 11) is 0. The Morgan fingerprint density at radius 3 is 2.56 bits per heavy atom. The Balaban J connectivity index is 2.33. The Labute approximate surface area is 116 Å². The van der Waals surface area contributed by atoms with Crippen LogP contribution in [0.5, 0.6) is 0 Å². The summed E-state index contributed by atoms with van der Waals surface area (Å²) in [6.45, 7) is 0. The Bertz CT molecular complexity index is 441. The average Bonchev–Trinajstić information content (AvgIpc) is 2.79. The lowest BCUT2D eigenvalue weighted by Gasteiger charge is -2.32. The maximum absolute atomic E-state index is 11.0. The van der Waals surface area contributed by atoms with Gasteiger partial charge in [0.25, 0.3) is 0 Å². The van der Waals surface area contributed by atoms with E-state index in [0.29, 0.717) is 6.42 Å². The molecule has 1 saturated carbocycles. The fraction of sp³-hybridized carbons (Fsp3) is 0.500. The molecule has 1 fully saturated rings. The molecule has 0 aromatic heterocycles. The minimum absolute atomic E-state index is 0.0715. The summed E-state index contributed by atoms with van der Waals surface area (Å²) < 4.78 is 1.06. The van der Waals surface area contributed by atoms with Gasteiger partial charge in [0, 0.05) is 4.47 Å². The number of aliphatic carboxylic acids is 1. The molecular formula is C14H18BrNO2. The van der Waals surface area contributed by atoms with E-state index in [4.69, 9.17) is 10.8 Å². The van der Waals surface area contributed by atoms with Gasteiger partial charge in [-0.1, -0.05) is 47.0 Å². The molecule has 2 rings (SSSR count). The van der Waals surface area contributed by atoms with Crippen molar-refractivity contribution in [1.29, 1.82) is 0 Å². The highest BCUT2D eigenvalue weighted by molar-refractivity contribution is 9.10. The molecular weight excluding hydrogens is 294 g/mol. The largest absolute Gasteiger partial charge is 0.480 e. The molecule has 1 unspecified atom stereocenters. The highest BCUT2D eigenvalue weighted by Crippen LogP contribution is 2.46. The highest BCUT2D eigenvalue weighted by Gasteiger charge is 2.39. The van der Waals surface area contributed by atoms with Crippen molar-refractivity contribution in [2.45, 2.75) is 43.6 Å². The molecule has 1 aliphatic carbocycles. The van der Waals surface area contributed by atoms with Gasteiger partial charge in [0.05, 0.1) is 0 Å². The highest BCUT2D eigenvalue weighted by atomic mass is 79.9. The number of carboxylic acid groups (broad SMARTS) is 1. The first-order chi connectivity index (χ1) is 8.55. The molecule has 98 valence electrons. The monoisotopic (exact) mass is 311 g/mol. The molecule has 3 nitrogen and oxygen atoms in total. The van der Waals surface area contributed by atoms with Gasteiger partial charge in [-0.15, -0.1) is 0 Å². The lowest BCUT2D eigenvalue weighted by Crippen LogP contribution is -2.38. The van der Waals surface area contributed by atoms with Crippen LogP contribution in [0, 0.1) is 0 Å². The minimum Gasteiger partial charge on any atom is -0.480 e. The second-order valence-corrected chi connectivity index (χ2v) is 5.97. The summed E-state index contributed by atoms with van der Waals surface area (Å²) in [5.41, 5.74) is 6.89. The maximum Gasteiger partial charge on any atom is 0.320 e. The number of carbonyl (C=O) groups is 1. The predicted octanol–water partition coefficient (Wildman–Crippen LogP) is 3.06. The number of benzene rings is 1. The van der Waals surface area contributed by atoms with Crippen LogP contribution in [0.4, 0.5) is 0 Å². The van der Waals surface area contributed by atoms with Gasteiger partial charge in [-0.2, -0.15) is 0 Å². The third kappa shape index (κ3) is 2.59. The van der Waals surface area contributed by atoms with Crippen LogP contribution >= 0.6 is 15.9 Å². The van der Waals surface area contributed by atoms with Gasteiger partial charge in [-0.3, -0.25) is 4.79 Å². The second-order valence-electron chi connectivity index (χ2n) is 5.12. The van der Waals surface area contributed by atoms with Crippen molar-refractivity contribution in [3.05, 3.63) is 34.3 Å². The predicted molar refractivity (Wildman–Crippen MR) is 74.5 cm³/mol. The Kier molecular flexibility index (Phi) is 4.07. The van der Waals surface area contributed by atoms with Gasteiger partial charge >= 0.3 is 5.97 Å². The molecule has 0 radical (unpaired) electrons. The van der Waals surface area contributed by atoms with Crippen LogP contribution in [0.2, 0.25) is 0 Å². The summed E-state index contributed by atoms with van der Waals surface area (Å²) in [5.74, 6) is -0.909. The van der Waals surface area contributed by atoms with E-state index in [1.54, 1.807) is 0 Å². The van der Waals surface area contributed by atoms with E-state index in [2.05, 4.69) is 22.0 Å². The molecule has 0 amide bonds. The second kappa shape index (κ2) is 5.41. The topological polar surface area (TPSA) is 63.3 Å². The normalized spacial score (nSPS) is 19.7. The van der Waals surface area contributed by atoms with Crippen molar-refractivity contribution >= 4 is 21.9 Å². The van der Waals surface area contributed by atoms with Crippen LogP contribution in [-0.4, -0.2) is 17.1 Å². The molecule has 1 aromatic rings. The molecule has 1 aromatic carbocycles. The smallest absolute Gasteiger partial charge is 0.320 e. The Hall–Kier alpha value is -0.870. The first-order valence-corrected chi connectivity index (χ1v) is 7.08. The van der Waals surface area contributed by atoms with E-state index in [0.717, 1.165) is 30.2 Å². The first kappa shape index (κ1) is 13.6. The molecule has 4 heteroatoms. The summed E-state index contributed by atoms with van der Waals surface area (Å²) in [4.78, 5) is 11.0. The summed E-state index contributed by atoms with van der Waals surface area (Å²) in [6, 6.07) is 7.31. The molecule has 0 spiro atoms. The van der Waals surface area contributed by atoms with Gasteiger partial charge in [0.2, 0.25) is 0 Å². The SMILES string of the molecule is NC(CC1(c2ccccc2Br)CCCC1)C(=O)O. The van der Waals surface area contributed by atoms with Crippen molar-refractivity contribution in [1.82, 2.24) is 0 Å². The summed E-state index contributed by atoms with van der Waals surface area (Å²) in [6.07, 6.45) is 4.86. The van der Waals surface area contributed by atoms with E-state index in [9.17, 15) is 4.79 Å². The van der Waals surface area contributed by atoms with E-state index in [1.807, 2.05) is 18.2 Å². The first-order valence-electron chi connectivity index (χ1n) is 6.28. The standard InChI is InChI=1S/C14H18BrNO2/c15-11-6-2-1-5-10(11)14(7-3-4-8-14)9-12(16)13(17)18/h1-2,5-6,12H,3-4,7-9,16H2,(H,17,18). The lowest BCUT2D eigenvalue weighted by atomic mass is 9.74. The van der Waals surface area contributed by atoms with E-state index >= 15 is 0 Å². The molecule has 0 heterocycles. The number of carboxylic acids is 1. The van der Waals surface area contributed by atoms with Crippen molar-refractivity contribution in [2.24, 2.45) is 5.73 Å². The molecule has 0 bridgehead atoms. The Morgan fingerprint density at radius 2 is 2.00 bits per heavy atom. The summed E-state index contributed by atoms with van der Waals surface area (Å²) in [5, 5.41) is 9.04. The molecule has 18 heavy (non-hydrogen) atoms. The van der Waals surface area contributed by atoms with Crippen LogP contribution in [0.15, 0.2) is 28.7 Å². The van der Waals surface area contributed by atoms with Gasteiger partial charge in [-0.05, 0) is 36.3 Å².